The van der Waals surface area contributed by atoms with Crippen LogP contribution in [0.1, 0.15) is 71.4 Å². The molecule has 11 nitrogen and oxygen atoms in total. The normalized spacial score (nSPS) is 16.8. The maximum Gasteiger partial charge on any atom is 0.254 e. The highest BCUT2D eigenvalue weighted by Gasteiger charge is 2.36. The molecular weight excluding hydrogens is 668 g/mol. The van der Waals surface area contributed by atoms with Gasteiger partial charge in [-0.25, -0.2) is 0 Å². The van der Waals surface area contributed by atoms with E-state index in [0.717, 1.165) is 36.8 Å². The molecule has 0 bridgehead atoms. The minimum atomic E-state index is -0.541. The van der Waals surface area contributed by atoms with Crippen molar-refractivity contribution < 1.29 is 23.6 Å². The fourth-order valence-corrected chi connectivity index (χ4v) is 7.25. The van der Waals surface area contributed by atoms with Crippen molar-refractivity contribution in [2.24, 2.45) is 0 Å². The van der Waals surface area contributed by atoms with Crippen LogP contribution in [0.3, 0.4) is 0 Å². The van der Waals surface area contributed by atoms with Crippen LogP contribution >= 0.6 is 0 Å². The van der Waals surface area contributed by atoms with E-state index in [1.54, 1.807) is 58.3 Å². The van der Waals surface area contributed by atoms with Crippen molar-refractivity contribution in [3.63, 3.8) is 0 Å². The van der Waals surface area contributed by atoms with E-state index >= 15 is 0 Å². The van der Waals surface area contributed by atoms with Crippen LogP contribution in [-0.4, -0.2) is 68.8 Å². The predicted octanol–water partition coefficient (Wildman–Crippen LogP) is 7.02. The minimum Gasteiger partial charge on any atom is -0.416 e. The number of aromatic nitrogens is 2. The third-order valence-corrected chi connectivity index (χ3v) is 10.1. The zero-order chi connectivity index (χ0) is 36.9. The molecule has 0 spiro atoms. The first-order valence-corrected chi connectivity index (χ1v) is 18.3. The lowest BCUT2D eigenvalue weighted by molar-refractivity contribution is -0.120. The smallest absolute Gasteiger partial charge is 0.254 e. The number of amides is 4. The molecule has 0 radical (unpaired) electrons. The third kappa shape index (κ3) is 7.46. The molecule has 53 heavy (non-hydrogen) atoms. The Kier molecular flexibility index (Phi) is 10.4. The van der Waals surface area contributed by atoms with E-state index in [9.17, 15) is 19.2 Å². The summed E-state index contributed by atoms with van der Waals surface area (Å²) in [5.74, 6) is -0.0329. The summed E-state index contributed by atoms with van der Waals surface area (Å²) in [5, 5.41) is 14.4. The monoisotopic (exact) mass is 710 g/mol. The number of carbonyl (C=O) groups is 4. The van der Waals surface area contributed by atoms with Crippen LogP contribution in [-0.2, 0) is 22.4 Å². The van der Waals surface area contributed by atoms with Gasteiger partial charge in [-0.3, -0.25) is 19.2 Å². The maximum atomic E-state index is 13.4. The Labute approximate surface area is 308 Å². The van der Waals surface area contributed by atoms with Crippen LogP contribution in [0, 0.1) is 0 Å². The zero-order valence-corrected chi connectivity index (χ0v) is 29.9. The van der Waals surface area contributed by atoms with Crippen molar-refractivity contribution in [2.45, 2.75) is 64.5 Å². The van der Waals surface area contributed by atoms with Gasteiger partial charge in [-0.15, -0.1) is 10.2 Å². The van der Waals surface area contributed by atoms with Crippen molar-refractivity contribution in [3.05, 3.63) is 119 Å². The second-order valence-corrected chi connectivity index (χ2v) is 13.4. The van der Waals surface area contributed by atoms with Gasteiger partial charge < -0.3 is 24.9 Å². The molecule has 1 aromatic heterocycles. The number of aryl methyl sites for hydroxylation is 2. The number of hydrogen-bond acceptors (Lipinski definition) is 7. The Balaban J connectivity index is 0.955. The Hall–Kier alpha value is -6.10. The molecule has 11 heteroatoms. The lowest BCUT2D eigenvalue weighted by Gasteiger charge is -2.25. The Bertz CT molecular complexity index is 1980. The number of rotatable bonds is 10. The molecule has 4 aromatic carbocycles. The highest BCUT2D eigenvalue weighted by atomic mass is 16.4. The summed E-state index contributed by atoms with van der Waals surface area (Å²) in [6.07, 6.45) is 4.24. The summed E-state index contributed by atoms with van der Waals surface area (Å²) in [4.78, 5) is 56.8. The molecule has 7 rings (SSSR count). The summed E-state index contributed by atoms with van der Waals surface area (Å²) in [5.41, 5.74) is 5.79. The quantitative estimate of drug-likeness (QED) is 0.159. The van der Waals surface area contributed by atoms with Crippen molar-refractivity contribution in [2.75, 3.05) is 23.7 Å². The molecule has 2 fully saturated rings. The molecule has 0 aliphatic carbocycles. The van der Waals surface area contributed by atoms with E-state index in [1.807, 2.05) is 62.4 Å². The molecule has 2 saturated heterocycles. The molecule has 270 valence electrons. The fourth-order valence-electron chi connectivity index (χ4n) is 7.25. The van der Waals surface area contributed by atoms with Crippen molar-refractivity contribution >= 4 is 35.0 Å². The first-order chi connectivity index (χ1) is 25.8. The summed E-state index contributed by atoms with van der Waals surface area (Å²) >= 11 is 0. The van der Waals surface area contributed by atoms with Crippen LogP contribution in [0.4, 0.5) is 11.4 Å². The number of nitrogens with zero attached hydrogens (tertiary/aromatic N) is 4. The summed E-state index contributed by atoms with van der Waals surface area (Å²) in [6, 6.07) is 28.3. The fraction of sp³-hybridized carbons (Fsp3) is 0.286. The second kappa shape index (κ2) is 15.6. The van der Waals surface area contributed by atoms with E-state index in [-0.39, 0.29) is 23.6 Å². The molecule has 4 amide bonds. The SMILES string of the molecule is CCc1ccccc1C(=O)N1CCC[C@H]1C(=O)Nc1ccc(-c2nnc(-c3ccc(NC(=O)[C@@H]4CCCN4C(=O)c4ccccc4CC)cc3)o2)cc1. The van der Waals surface area contributed by atoms with Crippen molar-refractivity contribution in [3.8, 4) is 22.9 Å². The van der Waals surface area contributed by atoms with Crippen LogP contribution in [0.25, 0.3) is 22.9 Å². The average Bonchev–Trinajstić information content (AvgIpc) is 4.00. The van der Waals surface area contributed by atoms with E-state index in [1.165, 1.54) is 0 Å². The summed E-state index contributed by atoms with van der Waals surface area (Å²) in [6.45, 7) is 5.12. The van der Waals surface area contributed by atoms with Gasteiger partial charge in [0.2, 0.25) is 23.6 Å². The molecule has 2 atom stereocenters. The van der Waals surface area contributed by atoms with Crippen LogP contribution in [0.15, 0.2) is 101 Å². The minimum absolute atomic E-state index is 0.111. The van der Waals surface area contributed by atoms with Gasteiger partial charge in [-0.1, -0.05) is 50.2 Å². The average molecular weight is 711 g/mol. The Morgan fingerprint density at radius 1 is 0.604 bits per heavy atom. The van der Waals surface area contributed by atoms with Gasteiger partial charge >= 0.3 is 0 Å². The number of nitrogens with one attached hydrogen (secondary N) is 2. The van der Waals surface area contributed by atoms with Gasteiger partial charge in [-0.2, -0.15) is 0 Å². The highest BCUT2D eigenvalue weighted by molar-refractivity contribution is 6.03. The predicted molar refractivity (Wildman–Crippen MR) is 202 cm³/mol. The van der Waals surface area contributed by atoms with E-state index < -0.39 is 12.1 Å². The standard InChI is InChI=1S/C42H42N6O5/c1-3-27-11-5-7-13-33(27)41(51)47-25-9-15-35(47)37(49)43-31-21-17-29(18-22-31)39-45-46-40(53-39)30-19-23-32(24-20-30)44-38(50)36-16-10-26-48(36)42(52)34-14-8-6-12-28(34)4-2/h5-8,11-14,17-24,35-36H,3-4,9-10,15-16,25-26H2,1-2H3,(H,43,49)(H,44,50)/t35-,36-/m0/s1. The molecule has 5 aromatic rings. The maximum absolute atomic E-state index is 13.4. The molecule has 0 saturated carbocycles. The number of carbonyl (C=O) groups excluding carboxylic acids is 4. The van der Waals surface area contributed by atoms with Crippen LogP contribution in [0.5, 0.6) is 0 Å². The van der Waals surface area contributed by atoms with Gasteiger partial charge in [0.25, 0.3) is 11.8 Å². The highest BCUT2D eigenvalue weighted by Crippen LogP contribution is 2.28. The van der Waals surface area contributed by atoms with Crippen molar-refractivity contribution in [1.82, 2.24) is 20.0 Å². The molecular formula is C42H42N6O5. The molecule has 0 unspecified atom stereocenters. The van der Waals surface area contributed by atoms with Gasteiger partial charge in [0.1, 0.15) is 12.1 Å². The van der Waals surface area contributed by atoms with Crippen LogP contribution in [0.2, 0.25) is 0 Å². The van der Waals surface area contributed by atoms with Gasteiger partial charge in [0, 0.05) is 46.7 Å². The molecule has 2 aliphatic heterocycles. The largest absolute Gasteiger partial charge is 0.416 e. The van der Waals surface area contributed by atoms with Gasteiger partial charge in [0.05, 0.1) is 0 Å². The van der Waals surface area contributed by atoms with Crippen molar-refractivity contribution in [1.29, 1.82) is 0 Å². The zero-order valence-electron chi connectivity index (χ0n) is 29.9. The van der Waals surface area contributed by atoms with E-state index in [0.29, 0.717) is 71.3 Å². The summed E-state index contributed by atoms with van der Waals surface area (Å²) < 4.78 is 5.98. The number of hydrogen-bond donors (Lipinski definition) is 2. The number of anilines is 2. The van der Waals surface area contributed by atoms with E-state index in [4.69, 9.17) is 4.42 Å². The number of likely N-dealkylation sites (tertiary alicyclic amines) is 2. The van der Waals surface area contributed by atoms with Gasteiger partial charge in [-0.05, 0) is 110 Å². The summed E-state index contributed by atoms with van der Waals surface area (Å²) in [7, 11) is 0. The lowest BCUT2D eigenvalue weighted by atomic mass is 10.0. The Morgan fingerprint density at radius 2 is 1.00 bits per heavy atom. The second-order valence-electron chi connectivity index (χ2n) is 13.4. The third-order valence-electron chi connectivity index (χ3n) is 10.1. The first kappa shape index (κ1) is 35.3. The number of benzene rings is 4. The van der Waals surface area contributed by atoms with Crippen LogP contribution < -0.4 is 10.6 Å². The van der Waals surface area contributed by atoms with E-state index in [2.05, 4.69) is 20.8 Å². The molecule has 2 aliphatic rings. The lowest BCUT2D eigenvalue weighted by Crippen LogP contribution is -2.43. The topological polar surface area (TPSA) is 138 Å². The molecule has 2 N–H and O–H groups in total. The first-order valence-electron chi connectivity index (χ1n) is 18.3. The Morgan fingerprint density at radius 3 is 1.40 bits per heavy atom. The van der Waals surface area contributed by atoms with Gasteiger partial charge in [0.15, 0.2) is 0 Å². The molecule has 3 heterocycles.